The number of amides is 1. The van der Waals surface area contributed by atoms with E-state index in [1.54, 1.807) is 0 Å². The molecule has 150 valence electrons. The van der Waals surface area contributed by atoms with Crippen LogP contribution in [0.3, 0.4) is 0 Å². The number of rotatable bonds is 6. The van der Waals surface area contributed by atoms with E-state index >= 15 is 0 Å². The van der Waals surface area contributed by atoms with E-state index in [1.165, 1.54) is 17.6 Å². The lowest BCUT2D eigenvalue weighted by atomic mass is 10.1. The van der Waals surface area contributed by atoms with Gasteiger partial charge >= 0.3 is 0 Å². The highest BCUT2D eigenvalue weighted by Gasteiger charge is 2.16. The molecule has 28 heavy (non-hydrogen) atoms. The number of anilines is 1. The second kappa shape index (κ2) is 10.2. The summed E-state index contributed by atoms with van der Waals surface area (Å²) >= 11 is 0. The first-order chi connectivity index (χ1) is 13.6. The molecule has 1 aromatic heterocycles. The van der Waals surface area contributed by atoms with Gasteiger partial charge in [0.1, 0.15) is 5.82 Å². The molecule has 0 spiro atoms. The molecule has 0 radical (unpaired) electrons. The average Bonchev–Trinajstić information content (AvgIpc) is 2.66. The van der Waals surface area contributed by atoms with E-state index in [9.17, 15) is 4.79 Å². The molecule has 0 saturated carbocycles. The molecule has 0 fully saturated rings. The standard InChI is InChI=1S/C23H31N3O2/c1-18-8-4-3-5-13-26(17-19(2)16-18)14-6-7-15-28-22-12-10-20-9-11-21(27)24-23(20)25-22/h4,8,10,12,16H,2-3,5-7,9,11,13-15,17H2,1H3,(H,24,25,27)/b8-4-,18-16-. The van der Waals surface area contributed by atoms with E-state index in [1.807, 2.05) is 12.1 Å². The third-order valence-corrected chi connectivity index (χ3v) is 5.04. The average molecular weight is 382 g/mol. The van der Waals surface area contributed by atoms with Gasteiger partial charge in [0.15, 0.2) is 0 Å². The van der Waals surface area contributed by atoms with E-state index in [0.717, 1.165) is 50.9 Å². The minimum atomic E-state index is 0.0269. The fourth-order valence-electron chi connectivity index (χ4n) is 3.59. The summed E-state index contributed by atoms with van der Waals surface area (Å²) in [6, 6.07) is 3.89. The predicted molar refractivity (Wildman–Crippen MR) is 114 cm³/mol. The normalized spacial score (nSPS) is 21.2. The maximum atomic E-state index is 11.5. The minimum absolute atomic E-state index is 0.0269. The van der Waals surface area contributed by atoms with Gasteiger partial charge in [0.05, 0.1) is 6.61 Å². The number of hydrogen-bond acceptors (Lipinski definition) is 4. The predicted octanol–water partition coefficient (Wildman–Crippen LogP) is 4.28. The van der Waals surface area contributed by atoms with Crippen molar-refractivity contribution in [3.05, 3.63) is 53.6 Å². The lowest BCUT2D eigenvalue weighted by Crippen LogP contribution is -2.28. The van der Waals surface area contributed by atoms with Crippen molar-refractivity contribution in [2.24, 2.45) is 0 Å². The van der Waals surface area contributed by atoms with Crippen molar-refractivity contribution in [2.45, 2.75) is 45.4 Å². The lowest BCUT2D eigenvalue weighted by Gasteiger charge is -2.23. The lowest BCUT2D eigenvalue weighted by molar-refractivity contribution is -0.116. The van der Waals surface area contributed by atoms with Crippen molar-refractivity contribution in [1.29, 1.82) is 0 Å². The van der Waals surface area contributed by atoms with Crippen molar-refractivity contribution in [3.63, 3.8) is 0 Å². The van der Waals surface area contributed by atoms with Crippen molar-refractivity contribution >= 4 is 11.7 Å². The number of carbonyl (C=O) groups excluding carboxylic acids is 1. The zero-order valence-corrected chi connectivity index (χ0v) is 16.9. The van der Waals surface area contributed by atoms with E-state index in [-0.39, 0.29) is 5.91 Å². The summed E-state index contributed by atoms with van der Waals surface area (Å²) in [6.07, 6.45) is 12.3. The second-order valence-electron chi connectivity index (χ2n) is 7.63. The van der Waals surface area contributed by atoms with Crippen LogP contribution in [-0.4, -0.2) is 42.0 Å². The first-order valence-electron chi connectivity index (χ1n) is 10.3. The number of carbonyl (C=O) groups is 1. The fourth-order valence-corrected chi connectivity index (χ4v) is 3.59. The molecular formula is C23H31N3O2. The summed E-state index contributed by atoms with van der Waals surface area (Å²) in [5, 5.41) is 2.82. The number of aromatic nitrogens is 1. The Morgan fingerprint density at radius 1 is 1.29 bits per heavy atom. The van der Waals surface area contributed by atoms with Gasteiger partial charge in [-0.1, -0.05) is 30.4 Å². The van der Waals surface area contributed by atoms with Gasteiger partial charge in [-0.15, -0.1) is 0 Å². The Kier molecular flexibility index (Phi) is 7.43. The zero-order valence-electron chi connectivity index (χ0n) is 16.9. The molecule has 5 nitrogen and oxygen atoms in total. The van der Waals surface area contributed by atoms with E-state index < -0.39 is 0 Å². The smallest absolute Gasteiger partial charge is 0.225 e. The Morgan fingerprint density at radius 3 is 3.07 bits per heavy atom. The summed E-state index contributed by atoms with van der Waals surface area (Å²) < 4.78 is 5.80. The molecule has 0 unspecified atom stereocenters. The minimum Gasteiger partial charge on any atom is -0.478 e. The summed E-state index contributed by atoms with van der Waals surface area (Å²) in [5.74, 6) is 1.26. The van der Waals surface area contributed by atoms with Crippen LogP contribution in [0.1, 0.15) is 44.6 Å². The van der Waals surface area contributed by atoms with Gasteiger partial charge in [0.2, 0.25) is 11.8 Å². The topological polar surface area (TPSA) is 54.5 Å². The van der Waals surface area contributed by atoms with Crippen LogP contribution in [0.4, 0.5) is 5.82 Å². The highest BCUT2D eigenvalue weighted by Crippen LogP contribution is 2.23. The molecule has 0 bridgehead atoms. The van der Waals surface area contributed by atoms with Gasteiger partial charge in [-0.2, -0.15) is 4.98 Å². The monoisotopic (exact) mass is 381 g/mol. The van der Waals surface area contributed by atoms with Gasteiger partial charge in [-0.25, -0.2) is 0 Å². The molecule has 0 atom stereocenters. The number of aryl methyl sites for hydroxylation is 1. The van der Waals surface area contributed by atoms with Crippen molar-refractivity contribution in [3.8, 4) is 5.88 Å². The third kappa shape index (κ3) is 6.34. The molecule has 1 aromatic rings. The number of unbranched alkanes of at least 4 members (excludes halogenated alkanes) is 1. The quantitative estimate of drug-likeness (QED) is 0.747. The molecule has 0 aromatic carbocycles. The molecule has 1 N–H and O–H groups in total. The van der Waals surface area contributed by atoms with Crippen LogP contribution in [0.2, 0.25) is 0 Å². The van der Waals surface area contributed by atoms with Crippen LogP contribution in [0.25, 0.3) is 0 Å². The van der Waals surface area contributed by atoms with Crippen LogP contribution in [0.5, 0.6) is 5.88 Å². The second-order valence-corrected chi connectivity index (χ2v) is 7.63. The van der Waals surface area contributed by atoms with Gasteiger partial charge in [0, 0.05) is 19.0 Å². The van der Waals surface area contributed by atoms with Gasteiger partial charge in [0.25, 0.3) is 0 Å². The molecule has 3 rings (SSSR count). The number of fused-ring (bicyclic) bond motifs is 1. The van der Waals surface area contributed by atoms with Crippen LogP contribution in [0, 0.1) is 0 Å². The molecule has 0 saturated heterocycles. The Labute approximate surface area is 168 Å². The third-order valence-electron chi connectivity index (χ3n) is 5.04. The number of nitrogens with one attached hydrogen (secondary N) is 1. The zero-order chi connectivity index (χ0) is 19.8. The highest BCUT2D eigenvalue weighted by atomic mass is 16.5. The van der Waals surface area contributed by atoms with Gasteiger partial charge < -0.3 is 10.1 Å². The first-order valence-corrected chi connectivity index (χ1v) is 10.3. The molecule has 2 aliphatic rings. The molecule has 3 heterocycles. The van der Waals surface area contributed by atoms with Crippen LogP contribution in [-0.2, 0) is 11.2 Å². The summed E-state index contributed by atoms with van der Waals surface area (Å²) in [5.41, 5.74) is 3.52. The largest absolute Gasteiger partial charge is 0.478 e. The number of ether oxygens (including phenoxy) is 1. The maximum Gasteiger partial charge on any atom is 0.225 e. The summed E-state index contributed by atoms with van der Waals surface area (Å²) in [7, 11) is 0. The molecular weight excluding hydrogens is 350 g/mol. The van der Waals surface area contributed by atoms with E-state index in [0.29, 0.717) is 24.7 Å². The molecule has 2 aliphatic heterocycles. The summed E-state index contributed by atoms with van der Waals surface area (Å²) in [4.78, 5) is 18.4. The highest BCUT2D eigenvalue weighted by molar-refractivity contribution is 5.92. The fraction of sp³-hybridized carbons (Fsp3) is 0.478. The number of hydrogen-bond donors (Lipinski definition) is 1. The first kappa shape index (κ1) is 20.3. The SMILES string of the molecule is C=C1/C=C(C)\C=C/CCCN(CCCCOc2ccc3c(n2)NC(=O)CC3)C1. The van der Waals surface area contributed by atoms with Crippen LogP contribution >= 0.6 is 0 Å². The molecule has 0 aliphatic carbocycles. The van der Waals surface area contributed by atoms with E-state index in [2.05, 4.69) is 46.9 Å². The molecule has 1 amide bonds. The Hall–Kier alpha value is -2.40. The number of nitrogens with zero attached hydrogens (tertiary/aromatic N) is 2. The van der Waals surface area contributed by atoms with Gasteiger partial charge in [-0.3, -0.25) is 9.69 Å². The Morgan fingerprint density at radius 2 is 2.18 bits per heavy atom. The van der Waals surface area contributed by atoms with Crippen LogP contribution < -0.4 is 10.1 Å². The number of pyridine rings is 1. The Balaban J connectivity index is 1.40. The number of allylic oxidation sites excluding steroid dienone is 3. The van der Waals surface area contributed by atoms with Crippen molar-refractivity contribution < 1.29 is 9.53 Å². The molecule has 5 heteroatoms. The van der Waals surface area contributed by atoms with Crippen molar-refractivity contribution in [1.82, 2.24) is 9.88 Å². The van der Waals surface area contributed by atoms with Gasteiger partial charge in [-0.05, 0) is 69.3 Å². The Bertz CT molecular complexity index is 767. The van der Waals surface area contributed by atoms with Crippen molar-refractivity contribution in [2.75, 3.05) is 31.6 Å². The van der Waals surface area contributed by atoms with Crippen LogP contribution in [0.15, 0.2) is 48.1 Å². The maximum absolute atomic E-state index is 11.5. The van der Waals surface area contributed by atoms with E-state index in [4.69, 9.17) is 4.74 Å². The summed E-state index contributed by atoms with van der Waals surface area (Å²) in [6.45, 7) is 10.0.